The second kappa shape index (κ2) is 3.62. The number of anilines is 1. The van der Waals surface area contributed by atoms with Crippen LogP contribution in [0, 0.1) is 0 Å². The Balaban J connectivity index is 2.46. The first-order chi connectivity index (χ1) is 7.10. The van der Waals surface area contributed by atoms with Gasteiger partial charge in [-0.3, -0.25) is 0 Å². The molecule has 0 aliphatic heterocycles. The summed E-state index contributed by atoms with van der Waals surface area (Å²) in [4.78, 5) is 0.0353. The molecule has 0 saturated heterocycles. The number of thiophene rings is 1. The number of alkyl halides is 2. The highest BCUT2D eigenvalue weighted by atomic mass is 32.1. The monoisotopic (exact) mass is 225 g/mol. The van der Waals surface area contributed by atoms with E-state index in [1.54, 1.807) is 17.5 Å². The van der Waals surface area contributed by atoms with Crippen molar-refractivity contribution in [3.8, 4) is 0 Å². The highest BCUT2D eigenvalue weighted by Crippen LogP contribution is 2.38. The molecule has 0 bridgehead atoms. The fraction of sp³-hybridized carbons (Fsp3) is 0.0909. The van der Waals surface area contributed by atoms with Crippen molar-refractivity contribution in [3.05, 3.63) is 52.2 Å². The Labute approximate surface area is 90.2 Å². The summed E-state index contributed by atoms with van der Waals surface area (Å²) in [7, 11) is 0. The Bertz CT molecular complexity index is 451. The van der Waals surface area contributed by atoms with E-state index in [2.05, 4.69) is 0 Å². The van der Waals surface area contributed by atoms with E-state index >= 15 is 0 Å². The zero-order chi connectivity index (χ0) is 10.9. The van der Waals surface area contributed by atoms with Gasteiger partial charge in [0.25, 0.3) is 0 Å². The fourth-order valence-electron chi connectivity index (χ4n) is 1.33. The molecule has 0 amide bonds. The molecular formula is C11H9F2NS. The van der Waals surface area contributed by atoms with Gasteiger partial charge in [-0.2, -0.15) is 8.78 Å². The standard InChI is InChI=1S/C11H9F2NS/c12-11(13,10-5-2-6-15-10)8-3-1-4-9(14)7-8/h1-7H,14H2. The molecule has 1 nitrogen and oxygen atoms in total. The number of nitrogen functional groups attached to an aromatic ring is 1. The number of rotatable bonds is 2. The van der Waals surface area contributed by atoms with Crippen LogP contribution in [0.15, 0.2) is 41.8 Å². The van der Waals surface area contributed by atoms with Crippen LogP contribution in [0.2, 0.25) is 0 Å². The number of halogens is 2. The van der Waals surface area contributed by atoms with Gasteiger partial charge in [0.15, 0.2) is 0 Å². The summed E-state index contributed by atoms with van der Waals surface area (Å²) in [5.41, 5.74) is 5.76. The second-order valence-corrected chi connectivity index (χ2v) is 4.12. The summed E-state index contributed by atoms with van der Waals surface area (Å²) in [5, 5.41) is 1.63. The molecule has 0 saturated carbocycles. The lowest BCUT2D eigenvalue weighted by Crippen LogP contribution is -2.13. The fourth-order valence-corrected chi connectivity index (χ4v) is 2.06. The Morgan fingerprint density at radius 3 is 2.53 bits per heavy atom. The summed E-state index contributed by atoms with van der Waals surface area (Å²) in [5.74, 6) is -2.95. The van der Waals surface area contributed by atoms with Gasteiger partial charge in [0.05, 0.1) is 4.88 Å². The Morgan fingerprint density at radius 1 is 1.13 bits per heavy atom. The minimum Gasteiger partial charge on any atom is -0.399 e. The van der Waals surface area contributed by atoms with Crippen molar-refractivity contribution in [2.24, 2.45) is 0 Å². The number of hydrogen-bond donors (Lipinski definition) is 1. The number of hydrogen-bond acceptors (Lipinski definition) is 2. The SMILES string of the molecule is Nc1cccc(C(F)(F)c2cccs2)c1. The van der Waals surface area contributed by atoms with Crippen molar-refractivity contribution < 1.29 is 8.78 Å². The van der Waals surface area contributed by atoms with Crippen LogP contribution in [0.25, 0.3) is 0 Å². The third-order valence-corrected chi connectivity index (χ3v) is 3.02. The average molecular weight is 225 g/mol. The van der Waals surface area contributed by atoms with Gasteiger partial charge in [0, 0.05) is 11.3 Å². The normalized spacial score (nSPS) is 11.6. The van der Waals surface area contributed by atoms with Gasteiger partial charge in [-0.25, -0.2) is 0 Å². The minimum atomic E-state index is -2.95. The van der Waals surface area contributed by atoms with Crippen molar-refractivity contribution >= 4 is 17.0 Å². The highest BCUT2D eigenvalue weighted by Gasteiger charge is 2.34. The molecule has 4 heteroatoms. The Kier molecular flexibility index (Phi) is 2.44. The van der Waals surface area contributed by atoms with Crippen LogP contribution in [0.5, 0.6) is 0 Å². The first-order valence-corrected chi connectivity index (χ1v) is 5.26. The summed E-state index contributed by atoms with van der Waals surface area (Å²) in [6.45, 7) is 0. The summed E-state index contributed by atoms with van der Waals surface area (Å²) in [6, 6.07) is 8.85. The predicted octanol–water partition coefficient (Wildman–Crippen LogP) is 3.47. The van der Waals surface area contributed by atoms with E-state index in [1.165, 1.54) is 24.3 Å². The van der Waals surface area contributed by atoms with Gasteiger partial charge in [-0.1, -0.05) is 18.2 Å². The molecule has 2 aromatic rings. The molecule has 0 aliphatic carbocycles. The highest BCUT2D eigenvalue weighted by molar-refractivity contribution is 7.10. The van der Waals surface area contributed by atoms with Crippen molar-refractivity contribution in [3.63, 3.8) is 0 Å². The molecular weight excluding hydrogens is 216 g/mol. The molecule has 15 heavy (non-hydrogen) atoms. The lowest BCUT2D eigenvalue weighted by Gasteiger charge is -2.15. The molecule has 0 atom stereocenters. The van der Waals surface area contributed by atoms with E-state index in [1.807, 2.05) is 0 Å². The molecule has 0 spiro atoms. The third kappa shape index (κ3) is 1.85. The van der Waals surface area contributed by atoms with Crippen LogP contribution in [0.4, 0.5) is 14.5 Å². The van der Waals surface area contributed by atoms with Crippen LogP contribution in [-0.2, 0) is 5.92 Å². The van der Waals surface area contributed by atoms with Crippen molar-refractivity contribution in [1.82, 2.24) is 0 Å². The van der Waals surface area contributed by atoms with E-state index in [4.69, 9.17) is 5.73 Å². The zero-order valence-corrected chi connectivity index (χ0v) is 8.60. The lowest BCUT2D eigenvalue weighted by molar-refractivity contribution is 0.0470. The summed E-state index contributed by atoms with van der Waals surface area (Å²) < 4.78 is 27.7. The molecule has 0 radical (unpaired) electrons. The lowest BCUT2D eigenvalue weighted by atomic mass is 10.1. The number of nitrogens with two attached hydrogens (primary N) is 1. The Morgan fingerprint density at radius 2 is 1.93 bits per heavy atom. The molecule has 0 aliphatic rings. The molecule has 0 fully saturated rings. The van der Waals surface area contributed by atoms with Crippen molar-refractivity contribution in [1.29, 1.82) is 0 Å². The van der Waals surface area contributed by atoms with Crippen LogP contribution in [0.1, 0.15) is 10.4 Å². The van der Waals surface area contributed by atoms with Crippen LogP contribution in [0.3, 0.4) is 0 Å². The predicted molar refractivity (Wildman–Crippen MR) is 58.2 cm³/mol. The second-order valence-electron chi connectivity index (χ2n) is 3.18. The maximum atomic E-state index is 13.9. The maximum absolute atomic E-state index is 13.9. The van der Waals surface area contributed by atoms with Crippen LogP contribution in [-0.4, -0.2) is 0 Å². The van der Waals surface area contributed by atoms with Gasteiger partial charge in [-0.05, 0) is 23.6 Å². The van der Waals surface area contributed by atoms with Gasteiger partial charge in [0.2, 0.25) is 0 Å². The first-order valence-electron chi connectivity index (χ1n) is 4.38. The quantitative estimate of drug-likeness (QED) is 0.778. The van der Waals surface area contributed by atoms with Gasteiger partial charge in [-0.15, -0.1) is 11.3 Å². The van der Waals surface area contributed by atoms with Gasteiger partial charge < -0.3 is 5.73 Å². The Hall–Kier alpha value is -1.42. The van der Waals surface area contributed by atoms with E-state index in [-0.39, 0.29) is 10.4 Å². The third-order valence-electron chi connectivity index (χ3n) is 2.08. The van der Waals surface area contributed by atoms with Crippen molar-refractivity contribution in [2.75, 3.05) is 5.73 Å². The maximum Gasteiger partial charge on any atom is 0.307 e. The van der Waals surface area contributed by atoms with E-state index in [0.717, 1.165) is 11.3 Å². The van der Waals surface area contributed by atoms with Gasteiger partial charge in [0.1, 0.15) is 0 Å². The van der Waals surface area contributed by atoms with E-state index in [0.29, 0.717) is 5.69 Å². The topological polar surface area (TPSA) is 26.0 Å². The van der Waals surface area contributed by atoms with E-state index in [9.17, 15) is 8.78 Å². The number of benzene rings is 1. The molecule has 0 unspecified atom stereocenters. The van der Waals surface area contributed by atoms with Crippen molar-refractivity contribution in [2.45, 2.75) is 5.92 Å². The zero-order valence-electron chi connectivity index (χ0n) is 7.78. The van der Waals surface area contributed by atoms with Gasteiger partial charge >= 0.3 is 5.92 Å². The average Bonchev–Trinajstić information content (AvgIpc) is 2.71. The first kappa shape index (κ1) is 10.1. The van der Waals surface area contributed by atoms with Crippen LogP contribution >= 0.6 is 11.3 Å². The molecule has 1 aromatic heterocycles. The van der Waals surface area contributed by atoms with E-state index < -0.39 is 5.92 Å². The largest absolute Gasteiger partial charge is 0.399 e. The summed E-state index contributed by atoms with van der Waals surface area (Å²) in [6.07, 6.45) is 0. The van der Waals surface area contributed by atoms with Crippen LogP contribution < -0.4 is 5.73 Å². The molecule has 2 N–H and O–H groups in total. The molecule has 2 rings (SSSR count). The summed E-state index contributed by atoms with van der Waals surface area (Å²) >= 11 is 1.04. The smallest absolute Gasteiger partial charge is 0.307 e. The molecule has 1 aromatic carbocycles. The minimum absolute atomic E-state index is 0.0353. The molecule has 78 valence electrons. The molecule has 1 heterocycles.